The number of piperidine rings is 1. The number of carbonyl (C=O) groups is 2. The van der Waals surface area contributed by atoms with Gasteiger partial charge in [0, 0.05) is 41.9 Å². The molecule has 1 atom stereocenters. The molecule has 2 aliphatic carbocycles. The topological polar surface area (TPSA) is 68.7 Å². The van der Waals surface area contributed by atoms with Gasteiger partial charge in [0.15, 0.2) is 0 Å². The molecule has 1 aromatic rings. The summed E-state index contributed by atoms with van der Waals surface area (Å²) in [6.45, 7) is 9.10. The van der Waals surface area contributed by atoms with Gasteiger partial charge in [-0.2, -0.15) is 0 Å². The van der Waals surface area contributed by atoms with Crippen molar-refractivity contribution in [1.29, 1.82) is 0 Å². The Labute approximate surface area is 218 Å². The van der Waals surface area contributed by atoms with E-state index in [9.17, 15) is 9.59 Å². The first-order valence-corrected chi connectivity index (χ1v) is 13.1. The van der Waals surface area contributed by atoms with E-state index in [-0.39, 0.29) is 18.0 Å². The fourth-order valence-corrected chi connectivity index (χ4v) is 5.47. The van der Waals surface area contributed by atoms with Crippen LogP contribution >= 0.6 is 11.6 Å². The molecule has 3 aliphatic rings. The highest BCUT2D eigenvalue weighted by Gasteiger charge is 2.37. The Morgan fingerprint density at radius 3 is 2.64 bits per heavy atom. The smallest absolute Gasteiger partial charge is 0.410 e. The van der Waals surface area contributed by atoms with E-state index in [2.05, 4.69) is 12.1 Å². The molecule has 2 heterocycles. The Balaban J connectivity index is 1.67. The minimum Gasteiger partial charge on any atom is -0.463 e. The van der Waals surface area contributed by atoms with Gasteiger partial charge in [-0.3, -0.25) is 4.98 Å². The molecule has 1 aromatic heterocycles. The predicted molar refractivity (Wildman–Crippen MR) is 141 cm³/mol. The zero-order chi connectivity index (χ0) is 25.9. The minimum atomic E-state index is -0.509. The van der Waals surface area contributed by atoms with Crippen molar-refractivity contribution in [3.8, 4) is 0 Å². The number of esters is 1. The van der Waals surface area contributed by atoms with Crippen molar-refractivity contribution >= 4 is 29.2 Å². The van der Waals surface area contributed by atoms with Crippen LogP contribution in [0, 0.1) is 5.92 Å². The number of allylic oxidation sites excluding steroid dienone is 7. The highest BCUT2D eigenvalue weighted by Crippen LogP contribution is 2.47. The molecule has 0 N–H and O–H groups in total. The molecule has 192 valence electrons. The molecule has 1 fully saturated rings. The lowest BCUT2D eigenvalue weighted by Gasteiger charge is -2.38. The Bertz CT molecular complexity index is 1130. The van der Waals surface area contributed by atoms with E-state index in [0.717, 1.165) is 53.1 Å². The van der Waals surface area contributed by atoms with Gasteiger partial charge < -0.3 is 14.4 Å². The van der Waals surface area contributed by atoms with Crippen LogP contribution in [0.25, 0.3) is 5.57 Å². The molecule has 36 heavy (non-hydrogen) atoms. The first kappa shape index (κ1) is 26.2. The standard InChI is InChI=1S/C29H35ClN2O4/c1-5-35-25(33)11-8-20-17-21-18-22(30)9-10-23(21)26(27-24(20)7-6-14-31-27)19-12-15-32(16-13-19)28(34)36-29(2,3)4/h6-8,11,14,17-19,26H,5,9-10,12-13,15-16H2,1-4H3/b11-8+. The van der Waals surface area contributed by atoms with Crippen LogP contribution in [0.1, 0.15) is 70.6 Å². The third-order valence-electron chi connectivity index (χ3n) is 6.79. The molecule has 0 aromatic carbocycles. The van der Waals surface area contributed by atoms with Crippen LogP contribution in [0.3, 0.4) is 0 Å². The molecular weight excluding hydrogens is 476 g/mol. The third kappa shape index (κ3) is 6.09. The average Bonchev–Trinajstić information content (AvgIpc) is 2.96. The number of hydrogen-bond donors (Lipinski definition) is 0. The lowest BCUT2D eigenvalue weighted by molar-refractivity contribution is -0.137. The molecule has 1 aliphatic heterocycles. The molecule has 1 amide bonds. The summed E-state index contributed by atoms with van der Waals surface area (Å²) >= 11 is 6.49. The molecule has 0 bridgehead atoms. The van der Waals surface area contributed by atoms with Gasteiger partial charge in [0.2, 0.25) is 0 Å². The van der Waals surface area contributed by atoms with E-state index < -0.39 is 5.60 Å². The highest BCUT2D eigenvalue weighted by atomic mass is 35.5. The SMILES string of the molecule is CCOC(=O)/C=C/C1=CC2=C(CCC(Cl)=C2)C(C2CCN(C(=O)OC(C)(C)C)CC2)c2ncccc21. The maximum Gasteiger partial charge on any atom is 0.410 e. The van der Waals surface area contributed by atoms with Crippen LogP contribution in [0.4, 0.5) is 4.79 Å². The molecule has 1 saturated heterocycles. The molecule has 0 saturated carbocycles. The number of carbonyl (C=O) groups excluding carboxylic acids is 2. The van der Waals surface area contributed by atoms with E-state index >= 15 is 0 Å². The van der Waals surface area contributed by atoms with Gasteiger partial charge in [-0.05, 0) is 94.7 Å². The number of nitrogens with zero attached hydrogens (tertiary/aromatic N) is 2. The Morgan fingerprint density at radius 2 is 1.94 bits per heavy atom. The number of pyridine rings is 1. The monoisotopic (exact) mass is 510 g/mol. The van der Waals surface area contributed by atoms with Crippen molar-refractivity contribution in [2.75, 3.05) is 19.7 Å². The zero-order valence-corrected chi connectivity index (χ0v) is 22.3. The number of ether oxygens (including phenoxy) is 2. The first-order valence-electron chi connectivity index (χ1n) is 12.7. The van der Waals surface area contributed by atoms with Gasteiger partial charge in [0.05, 0.1) is 12.3 Å². The summed E-state index contributed by atoms with van der Waals surface area (Å²) in [5.41, 5.74) is 4.85. The Kier molecular flexibility index (Phi) is 8.04. The number of likely N-dealkylation sites (tertiary alicyclic amines) is 1. The van der Waals surface area contributed by atoms with Crippen molar-refractivity contribution in [1.82, 2.24) is 9.88 Å². The number of amides is 1. The third-order valence-corrected chi connectivity index (χ3v) is 7.09. The second kappa shape index (κ2) is 11.0. The second-order valence-corrected chi connectivity index (χ2v) is 11.0. The fourth-order valence-electron chi connectivity index (χ4n) is 5.26. The van der Waals surface area contributed by atoms with Crippen LogP contribution in [-0.4, -0.2) is 47.2 Å². The summed E-state index contributed by atoms with van der Waals surface area (Å²) < 4.78 is 10.7. The van der Waals surface area contributed by atoms with Crippen LogP contribution in [-0.2, 0) is 14.3 Å². The Morgan fingerprint density at radius 1 is 1.19 bits per heavy atom. The molecule has 6 nitrogen and oxygen atoms in total. The highest BCUT2D eigenvalue weighted by molar-refractivity contribution is 6.29. The van der Waals surface area contributed by atoms with Crippen LogP contribution < -0.4 is 0 Å². The summed E-state index contributed by atoms with van der Waals surface area (Å²) in [4.78, 5) is 31.4. The summed E-state index contributed by atoms with van der Waals surface area (Å²) in [5.74, 6) is 0.0720. The van der Waals surface area contributed by atoms with Crippen molar-refractivity contribution < 1.29 is 19.1 Å². The van der Waals surface area contributed by atoms with Gasteiger partial charge in [-0.25, -0.2) is 9.59 Å². The number of aromatic nitrogens is 1. The van der Waals surface area contributed by atoms with E-state index in [0.29, 0.717) is 25.6 Å². The van der Waals surface area contributed by atoms with Crippen molar-refractivity contribution in [2.24, 2.45) is 5.92 Å². The lowest BCUT2D eigenvalue weighted by atomic mass is 9.73. The van der Waals surface area contributed by atoms with Crippen molar-refractivity contribution in [3.63, 3.8) is 0 Å². The normalized spacial score (nSPS) is 20.8. The zero-order valence-electron chi connectivity index (χ0n) is 21.6. The molecule has 1 unspecified atom stereocenters. The minimum absolute atomic E-state index is 0.114. The molecular formula is C29H35ClN2O4. The summed E-state index contributed by atoms with van der Waals surface area (Å²) in [6, 6.07) is 4.00. The second-order valence-electron chi connectivity index (χ2n) is 10.5. The van der Waals surface area contributed by atoms with Gasteiger partial charge >= 0.3 is 12.1 Å². The number of hydrogen-bond acceptors (Lipinski definition) is 5. The predicted octanol–water partition coefficient (Wildman–Crippen LogP) is 6.54. The maximum absolute atomic E-state index is 12.6. The van der Waals surface area contributed by atoms with E-state index in [1.807, 2.05) is 50.1 Å². The van der Waals surface area contributed by atoms with Gasteiger partial charge in [0.1, 0.15) is 5.60 Å². The number of rotatable bonds is 4. The summed E-state index contributed by atoms with van der Waals surface area (Å²) in [6.07, 6.45) is 12.4. The Hall–Kier alpha value is -2.86. The average molecular weight is 511 g/mol. The summed E-state index contributed by atoms with van der Waals surface area (Å²) in [7, 11) is 0. The van der Waals surface area contributed by atoms with Crippen LogP contribution in [0.5, 0.6) is 0 Å². The molecule has 7 heteroatoms. The van der Waals surface area contributed by atoms with Crippen LogP contribution in [0.15, 0.2) is 58.8 Å². The number of halogens is 1. The van der Waals surface area contributed by atoms with E-state index in [1.165, 1.54) is 11.6 Å². The van der Waals surface area contributed by atoms with E-state index in [1.54, 1.807) is 6.92 Å². The van der Waals surface area contributed by atoms with Gasteiger partial charge in [-0.1, -0.05) is 23.2 Å². The first-order chi connectivity index (χ1) is 17.2. The van der Waals surface area contributed by atoms with Crippen molar-refractivity contribution in [3.05, 3.63) is 70.1 Å². The maximum atomic E-state index is 12.6. The fraction of sp³-hybridized carbons (Fsp3) is 0.483. The van der Waals surface area contributed by atoms with Gasteiger partial charge in [0.25, 0.3) is 0 Å². The van der Waals surface area contributed by atoms with Gasteiger partial charge in [-0.15, -0.1) is 0 Å². The lowest BCUT2D eigenvalue weighted by Crippen LogP contribution is -2.42. The van der Waals surface area contributed by atoms with Crippen LogP contribution in [0.2, 0.25) is 0 Å². The molecule has 0 radical (unpaired) electrons. The quantitative estimate of drug-likeness (QED) is 0.339. The van der Waals surface area contributed by atoms with Crippen molar-refractivity contribution in [2.45, 2.75) is 64.9 Å². The van der Waals surface area contributed by atoms with E-state index in [4.69, 9.17) is 26.1 Å². The summed E-state index contributed by atoms with van der Waals surface area (Å²) in [5, 5.41) is 0.830. The molecule has 0 spiro atoms. The largest absolute Gasteiger partial charge is 0.463 e. The molecule has 4 rings (SSSR count). The number of fused-ring (bicyclic) bond motifs is 1.